The minimum atomic E-state index is -0.124. The fourth-order valence-electron chi connectivity index (χ4n) is 1.63. The highest BCUT2D eigenvalue weighted by atomic mass is 16.5. The molecule has 0 aromatic heterocycles. The molecule has 3 nitrogen and oxygen atoms in total. The first-order valence-corrected chi connectivity index (χ1v) is 5.63. The highest BCUT2D eigenvalue weighted by Crippen LogP contribution is 2.35. The zero-order chi connectivity index (χ0) is 11.4. The Bertz CT molecular complexity index is 347. The third-order valence-electron chi connectivity index (χ3n) is 2.63. The number of esters is 1. The molecule has 2 atom stereocenters. The largest absolute Gasteiger partial charge is 0.466 e. The number of carbonyl (C=O) groups excluding carboxylic acids is 1. The van der Waals surface area contributed by atoms with E-state index in [1.807, 2.05) is 37.3 Å². The van der Waals surface area contributed by atoms with Crippen LogP contribution in [0.15, 0.2) is 30.3 Å². The second kappa shape index (κ2) is 5.12. The average molecular weight is 220 g/mol. The Hall–Kier alpha value is -1.35. The Morgan fingerprint density at radius 2 is 2.12 bits per heavy atom. The van der Waals surface area contributed by atoms with Gasteiger partial charge >= 0.3 is 5.97 Å². The number of rotatable bonds is 5. The zero-order valence-electron chi connectivity index (χ0n) is 9.39. The van der Waals surface area contributed by atoms with Gasteiger partial charge in [0.15, 0.2) is 0 Å². The molecule has 0 unspecified atom stereocenters. The van der Waals surface area contributed by atoms with Gasteiger partial charge in [-0.1, -0.05) is 30.3 Å². The normalized spacial score (nSPS) is 22.8. The summed E-state index contributed by atoms with van der Waals surface area (Å²) in [4.78, 5) is 11.3. The van der Waals surface area contributed by atoms with Gasteiger partial charge in [-0.25, -0.2) is 0 Å². The summed E-state index contributed by atoms with van der Waals surface area (Å²) in [5, 5.41) is 0. The highest BCUT2D eigenvalue weighted by Gasteiger charge is 2.45. The molecular weight excluding hydrogens is 204 g/mol. The molecule has 1 aliphatic carbocycles. The summed E-state index contributed by atoms with van der Waals surface area (Å²) in [6, 6.07) is 9.97. The Morgan fingerprint density at radius 1 is 1.38 bits per heavy atom. The maximum atomic E-state index is 11.3. The van der Waals surface area contributed by atoms with Crippen LogP contribution in [0.25, 0.3) is 0 Å². The van der Waals surface area contributed by atoms with Crippen molar-refractivity contribution in [2.45, 2.75) is 26.1 Å². The van der Waals surface area contributed by atoms with Crippen LogP contribution in [0.3, 0.4) is 0 Å². The summed E-state index contributed by atoms with van der Waals surface area (Å²) in [5.41, 5.74) is 1.14. The zero-order valence-corrected chi connectivity index (χ0v) is 9.39. The van der Waals surface area contributed by atoms with Gasteiger partial charge in [-0.05, 0) is 18.9 Å². The van der Waals surface area contributed by atoms with E-state index < -0.39 is 0 Å². The number of ether oxygens (including phenoxy) is 2. The molecule has 0 aliphatic heterocycles. The summed E-state index contributed by atoms with van der Waals surface area (Å²) in [6.07, 6.45) is 0.852. The summed E-state index contributed by atoms with van der Waals surface area (Å²) in [7, 11) is 0. The van der Waals surface area contributed by atoms with Crippen molar-refractivity contribution >= 4 is 5.97 Å². The van der Waals surface area contributed by atoms with Crippen LogP contribution in [0, 0.1) is 5.92 Å². The number of benzene rings is 1. The van der Waals surface area contributed by atoms with E-state index in [2.05, 4.69) is 0 Å². The monoisotopic (exact) mass is 220 g/mol. The van der Waals surface area contributed by atoms with E-state index >= 15 is 0 Å². The third kappa shape index (κ3) is 2.83. The highest BCUT2D eigenvalue weighted by molar-refractivity contribution is 5.76. The average Bonchev–Trinajstić information content (AvgIpc) is 3.08. The van der Waals surface area contributed by atoms with Crippen molar-refractivity contribution in [2.75, 3.05) is 6.61 Å². The number of carbonyl (C=O) groups is 1. The smallest absolute Gasteiger partial charge is 0.311 e. The molecule has 3 heteroatoms. The van der Waals surface area contributed by atoms with Crippen LogP contribution >= 0.6 is 0 Å². The molecule has 0 N–H and O–H groups in total. The van der Waals surface area contributed by atoms with Crippen molar-refractivity contribution in [2.24, 2.45) is 5.92 Å². The molecule has 1 aromatic carbocycles. The van der Waals surface area contributed by atoms with Gasteiger partial charge in [0.1, 0.15) is 0 Å². The molecule has 0 heterocycles. The van der Waals surface area contributed by atoms with Gasteiger partial charge in [0.05, 0.1) is 25.2 Å². The van der Waals surface area contributed by atoms with E-state index in [0.717, 1.165) is 12.0 Å². The first kappa shape index (κ1) is 11.1. The molecule has 1 fully saturated rings. The second-order valence-corrected chi connectivity index (χ2v) is 3.93. The molecule has 1 aromatic rings. The summed E-state index contributed by atoms with van der Waals surface area (Å²) < 4.78 is 10.5. The Labute approximate surface area is 95.4 Å². The quantitative estimate of drug-likeness (QED) is 0.713. The first-order valence-electron chi connectivity index (χ1n) is 5.63. The molecular formula is C13H16O3. The topological polar surface area (TPSA) is 35.5 Å². The molecule has 0 radical (unpaired) electrons. The van der Waals surface area contributed by atoms with Gasteiger partial charge in [0.25, 0.3) is 0 Å². The maximum Gasteiger partial charge on any atom is 0.311 e. The van der Waals surface area contributed by atoms with Crippen LogP contribution in [-0.2, 0) is 20.9 Å². The van der Waals surface area contributed by atoms with E-state index in [4.69, 9.17) is 9.47 Å². The van der Waals surface area contributed by atoms with Gasteiger partial charge < -0.3 is 9.47 Å². The SMILES string of the molecule is CCOC(=O)[C@@H]1C[C@H]1OCc1ccccc1. The van der Waals surface area contributed by atoms with Crippen LogP contribution in [0.1, 0.15) is 18.9 Å². The van der Waals surface area contributed by atoms with Gasteiger partial charge in [0, 0.05) is 0 Å². The van der Waals surface area contributed by atoms with Crippen molar-refractivity contribution in [3.05, 3.63) is 35.9 Å². The standard InChI is InChI=1S/C13H16O3/c1-2-15-13(14)11-8-12(11)16-9-10-6-4-3-5-7-10/h3-7,11-12H,2,8-9H2,1H3/t11-,12-/m1/s1. The Balaban J connectivity index is 1.72. The van der Waals surface area contributed by atoms with Gasteiger partial charge in [-0.15, -0.1) is 0 Å². The fraction of sp³-hybridized carbons (Fsp3) is 0.462. The van der Waals surface area contributed by atoms with Crippen LogP contribution in [0.4, 0.5) is 0 Å². The van der Waals surface area contributed by atoms with E-state index in [1.165, 1.54) is 0 Å². The predicted molar refractivity (Wildman–Crippen MR) is 59.8 cm³/mol. The molecule has 0 saturated heterocycles. The van der Waals surface area contributed by atoms with Gasteiger partial charge in [0.2, 0.25) is 0 Å². The van der Waals surface area contributed by atoms with Crippen LogP contribution in [0.2, 0.25) is 0 Å². The van der Waals surface area contributed by atoms with Crippen LogP contribution in [0.5, 0.6) is 0 Å². The van der Waals surface area contributed by atoms with E-state index in [9.17, 15) is 4.79 Å². The molecule has 0 bridgehead atoms. The van der Waals surface area contributed by atoms with E-state index in [1.54, 1.807) is 0 Å². The lowest BCUT2D eigenvalue weighted by Crippen LogP contribution is -2.10. The Morgan fingerprint density at radius 3 is 2.81 bits per heavy atom. The lowest BCUT2D eigenvalue weighted by Gasteiger charge is -2.03. The van der Waals surface area contributed by atoms with Gasteiger partial charge in [-0.2, -0.15) is 0 Å². The first-order chi connectivity index (χ1) is 7.81. The van der Waals surface area contributed by atoms with Crippen molar-refractivity contribution in [3.8, 4) is 0 Å². The van der Waals surface area contributed by atoms with Crippen molar-refractivity contribution in [3.63, 3.8) is 0 Å². The molecule has 2 rings (SSSR count). The summed E-state index contributed by atoms with van der Waals surface area (Å²) >= 11 is 0. The van der Waals surface area contributed by atoms with Crippen molar-refractivity contribution in [1.29, 1.82) is 0 Å². The van der Waals surface area contributed by atoms with Gasteiger partial charge in [-0.3, -0.25) is 4.79 Å². The fourth-order valence-corrected chi connectivity index (χ4v) is 1.63. The number of hydrogen-bond donors (Lipinski definition) is 0. The summed E-state index contributed by atoms with van der Waals surface area (Å²) in [5.74, 6) is -0.163. The van der Waals surface area contributed by atoms with Crippen molar-refractivity contribution < 1.29 is 14.3 Å². The minimum absolute atomic E-state index is 0.0383. The maximum absolute atomic E-state index is 11.3. The molecule has 0 amide bonds. The van der Waals surface area contributed by atoms with Crippen LogP contribution in [-0.4, -0.2) is 18.7 Å². The minimum Gasteiger partial charge on any atom is -0.466 e. The second-order valence-electron chi connectivity index (χ2n) is 3.93. The predicted octanol–water partition coefficient (Wildman–Crippen LogP) is 2.15. The molecule has 16 heavy (non-hydrogen) atoms. The van der Waals surface area contributed by atoms with E-state index in [0.29, 0.717) is 13.2 Å². The summed E-state index contributed by atoms with van der Waals surface area (Å²) in [6.45, 7) is 2.84. The lowest BCUT2D eigenvalue weighted by molar-refractivity contribution is -0.145. The third-order valence-corrected chi connectivity index (χ3v) is 2.63. The number of hydrogen-bond acceptors (Lipinski definition) is 3. The lowest BCUT2D eigenvalue weighted by atomic mass is 10.2. The van der Waals surface area contributed by atoms with E-state index in [-0.39, 0.29) is 18.0 Å². The molecule has 1 aliphatic rings. The molecule has 0 spiro atoms. The van der Waals surface area contributed by atoms with Crippen molar-refractivity contribution in [1.82, 2.24) is 0 Å². The Kier molecular flexibility index (Phi) is 3.57. The molecule has 86 valence electrons. The molecule has 1 saturated carbocycles. The van der Waals surface area contributed by atoms with Crippen LogP contribution < -0.4 is 0 Å².